The van der Waals surface area contributed by atoms with Gasteiger partial charge in [0.15, 0.2) is 0 Å². The number of amides is 1. The maximum atomic E-state index is 12.3. The van der Waals surface area contributed by atoms with Crippen LogP contribution in [0, 0.1) is 0 Å². The molecule has 2 N–H and O–H groups in total. The fraction of sp³-hybridized carbons (Fsp3) is 0.217. The van der Waals surface area contributed by atoms with Crippen molar-refractivity contribution in [2.24, 2.45) is 0 Å². The molecule has 0 unspecified atom stereocenters. The van der Waals surface area contributed by atoms with Crippen molar-refractivity contribution in [1.29, 1.82) is 0 Å². The molecule has 1 amide bonds. The number of carboxylic acid groups (broad SMARTS) is 1. The average molecular weight is 394 g/mol. The number of carboxylic acids is 1. The lowest BCUT2D eigenvalue weighted by atomic mass is 9.86. The SMILES string of the molecule is CC(C)(C)c1ccc(-c2csc(NC(=O)Cc3ccc(C(=O)O)cc3)c2)cc1. The molecular weight excluding hydrogens is 370 g/mol. The van der Waals surface area contributed by atoms with Crippen molar-refractivity contribution in [3.63, 3.8) is 0 Å². The van der Waals surface area contributed by atoms with E-state index in [9.17, 15) is 9.59 Å². The molecule has 3 aromatic rings. The maximum absolute atomic E-state index is 12.3. The predicted molar refractivity (Wildman–Crippen MR) is 114 cm³/mol. The summed E-state index contributed by atoms with van der Waals surface area (Å²) in [5.41, 5.74) is 4.59. The number of hydrogen-bond donors (Lipinski definition) is 2. The van der Waals surface area contributed by atoms with Crippen LogP contribution in [-0.4, -0.2) is 17.0 Å². The second kappa shape index (κ2) is 7.98. The molecule has 0 saturated carbocycles. The van der Waals surface area contributed by atoms with Gasteiger partial charge in [-0.15, -0.1) is 11.3 Å². The standard InChI is InChI=1S/C23H23NO3S/c1-23(2,3)19-10-8-16(9-11-19)18-13-21(28-14-18)24-20(25)12-15-4-6-17(7-5-15)22(26)27/h4-11,13-14H,12H2,1-3H3,(H,24,25)(H,26,27). The van der Waals surface area contributed by atoms with Crippen molar-refractivity contribution < 1.29 is 14.7 Å². The minimum Gasteiger partial charge on any atom is -0.478 e. The van der Waals surface area contributed by atoms with E-state index in [1.54, 1.807) is 12.1 Å². The summed E-state index contributed by atoms with van der Waals surface area (Å²) in [6.07, 6.45) is 0.202. The highest BCUT2D eigenvalue weighted by Crippen LogP contribution is 2.31. The highest BCUT2D eigenvalue weighted by Gasteiger charge is 2.14. The molecule has 0 aliphatic heterocycles. The molecular formula is C23H23NO3S. The van der Waals surface area contributed by atoms with Gasteiger partial charge in [-0.25, -0.2) is 4.79 Å². The van der Waals surface area contributed by atoms with E-state index in [0.717, 1.165) is 21.7 Å². The summed E-state index contributed by atoms with van der Waals surface area (Å²) in [6.45, 7) is 6.57. The Labute approximate surface area is 168 Å². The Morgan fingerprint density at radius 2 is 1.61 bits per heavy atom. The normalized spacial score (nSPS) is 11.2. The van der Waals surface area contributed by atoms with Gasteiger partial charge in [0.1, 0.15) is 0 Å². The predicted octanol–water partition coefficient (Wildman–Crippen LogP) is 5.59. The molecule has 0 saturated heterocycles. The van der Waals surface area contributed by atoms with Crippen molar-refractivity contribution in [3.8, 4) is 11.1 Å². The molecule has 28 heavy (non-hydrogen) atoms. The third-order valence-corrected chi connectivity index (χ3v) is 5.36. The van der Waals surface area contributed by atoms with E-state index in [-0.39, 0.29) is 23.3 Å². The zero-order valence-electron chi connectivity index (χ0n) is 16.2. The summed E-state index contributed by atoms with van der Waals surface area (Å²) in [5.74, 6) is -1.10. The van der Waals surface area contributed by atoms with Gasteiger partial charge < -0.3 is 10.4 Å². The van der Waals surface area contributed by atoms with E-state index >= 15 is 0 Å². The van der Waals surface area contributed by atoms with Crippen LogP contribution in [-0.2, 0) is 16.6 Å². The number of benzene rings is 2. The molecule has 4 nitrogen and oxygen atoms in total. The average Bonchev–Trinajstić information content (AvgIpc) is 3.10. The van der Waals surface area contributed by atoms with Crippen LogP contribution in [0.2, 0.25) is 0 Å². The fourth-order valence-electron chi connectivity index (χ4n) is 2.85. The molecule has 0 fully saturated rings. The smallest absolute Gasteiger partial charge is 0.335 e. The van der Waals surface area contributed by atoms with E-state index < -0.39 is 5.97 Å². The van der Waals surface area contributed by atoms with Crippen molar-refractivity contribution in [3.05, 3.63) is 76.7 Å². The third-order valence-electron chi connectivity index (χ3n) is 4.51. The molecule has 0 atom stereocenters. The molecule has 0 radical (unpaired) electrons. The third kappa shape index (κ3) is 4.87. The van der Waals surface area contributed by atoms with E-state index in [4.69, 9.17) is 5.11 Å². The Balaban J connectivity index is 1.64. The highest BCUT2D eigenvalue weighted by molar-refractivity contribution is 7.14. The summed E-state index contributed by atoms with van der Waals surface area (Å²) in [7, 11) is 0. The topological polar surface area (TPSA) is 66.4 Å². The van der Waals surface area contributed by atoms with Gasteiger partial charge >= 0.3 is 5.97 Å². The first-order valence-corrected chi connectivity index (χ1v) is 9.92. The first-order valence-electron chi connectivity index (χ1n) is 9.04. The summed E-state index contributed by atoms with van der Waals surface area (Å²) in [6, 6.07) is 16.8. The number of hydrogen-bond acceptors (Lipinski definition) is 3. The summed E-state index contributed by atoms with van der Waals surface area (Å²) < 4.78 is 0. The zero-order chi connectivity index (χ0) is 20.3. The Kier molecular flexibility index (Phi) is 5.66. The van der Waals surface area contributed by atoms with Crippen molar-refractivity contribution in [2.45, 2.75) is 32.6 Å². The molecule has 1 aromatic heterocycles. The first-order chi connectivity index (χ1) is 13.2. The number of carbonyl (C=O) groups excluding carboxylic acids is 1. The summed E-state index contributed by atoms with van der Waals surface area (Å²) >= 11 is 1.49. The Bertz CT molecular complexity index is 980. The van der Waals surface area contributed by atoms with Crippen LogP contribution in [0.4, 0.5) is 5.00 Å². The van der Waals surface area contributed by atoms with E-state index in [1.165, 1.54) is 29.0 Å². The van der Waals surface area contributed by atoms with Crippen LogP contribution >= 0.6 is 11.3 Å². The molecule has 0 bridgehead atoms. The lowest BCUT2D eigenvalue weighted by Crippen LogP contribution is -2.13. The minimum absolute atomic E-state index is 0.120. The molecule has 3 rings (SSSR count). The van der Waals surface area contributed by atoms with Crippen LogP contribution in [0.3, 0.4) is 0 Å². The Morgan fingerprint density at radius 1 is 0.964 bits per heavy atom. The van der Waals surface area contributed by atoms with Gasteiger partial charge in [-0.2, -0.15) is 0 Å². The minimum atomic E-state index is -0.974. The van der Waals surface area contributed by atoms with Crippen LogP contribution in [0.1, 0.15) is 42.3 Å². The number of aromatic carboxylic acids is 1. The van der Waals surface area contributed by atoms with Crippen LogP contribution in [0.5, 0.6) is 0 Å². The van der Waals surface area contributed by atoms with E-state index in [0.29, 0.717) is 0 Å². The lowest BCUT2D eigenvalue weighted by molar-refractivity contribution is -0.115. The molecule has 0 aliphatic carbocycles. The second-order valence-corrected chi connectivity index (χ2v) is 8.67. The van der Waals surface area contributed by atoms with Gasteiger partial charge in [-0.1, -0.05) is 57.2 Å². The number of nitrogens with one attached hydrogen (secondary N) is 1. The van der Waals surface area contributed by atoms with Gasteiger partial charge in [0, 0.05) is 5.38 Å². The van der Waals surface area contributed by atoms with Crippen LogP contribution < -0.4 is 5.32 Å². The molecule has 0 spiro atoms. The van der Waals surface area contributed by atoms with Crippen LogP contribution in [0.25, 0.3) is 11.1 Å². The van der Waals surface area contributed by atoms with Gasteiger partial charge in [-0.3, -0.25) is 4.79 Å². The molecule has 0 aliphatic rings. The number of carbonyl (C=O) groups is 2. The Morgan fingerprint density at radius 3 is 2.18 bits per heavy atom. The quantitative estimate of drug-likeness (QED) is 0.594. The first kappa shape index (κ1) is 19.8. The lowest BCUT2D eigenvalue weighted by Gasteiger charge is -2.19. The number of thiophene rings is 1. The number of anilines is 1. The molecule has 2 aromatic carbocycles. The van der Waals surface area contributed by atoms with Crippen molar-refractivity contribution in [1.82, 2.24) is 0 Å². The molecule has 1 heterocycles. The summed E-state index contributed by atoms with van der Waals surface area (Å²) in [5, 5.41) is 14.7. The summed E-state index contributed by atoms with van der Waals surface area (Å²) in [4.78, 5) is 23.2. The Hall–Kier alpha value is -2.92. The van der Waals surface area contributed by atoms with Gasteiger partial charge in [0.05, 0.1) is 17.0 Å². The monoisotopic (exact) mass is 393 g/mol. The van der Waals surface area contributed by atoms with Gasteiger partial charge in [-0.05, 0) is 45.9 Å². The zero-order valence-corrected chi connectivity index (χ0v) is 17.0. The highest BCUT2D eigenvalue weighted by atomic mass is 32.1. The van der Waals surface area contributed by atoms with Crippen molar-refractivity contribution in [2.75, 3.05) is 5.32 Å². The van der Waals surface area contributed by atoms with E-state index in [2.05, 4.69) is 50.4 Å². The largest absolute Gasteiger partial charge is 0.478 e. The van der Waals surface area contributed by atoms with E-state index in [1.807, 2.05) is 11.4 Å². The van der Waals surface area contributed by atoms with Crippen LogP contribution in [0.15, 0.2) is 60.0 Å². The maximum Gasteiger partial charge on any atom is 0.335 e. The number of rotatable bonds is 5. The van der Waals surface area contributed by atoms with Gasteiger partial charge in [0.2, 0.25) is 5.91 Å². The van der Waals surface area contributed by atoms with Gasteiger partial charge in [0.25, 0.3) is 0 Å². The molecule has 5 heteroatoms. The second-order valence-electron chi connectivity index (χ2n) is 7.75. The fourth-order valence-corrected chi connectivity index (χ4v) is 3.67. The van der Waals surface area contributed by atoms with Crippen molar-refractivity contribution >= 4 is 28.2 Å². The molecule has 144 valence electrons.